The van der Waals surface area contributed by atoms with Crippen molar-refractivity contribution < 1.29 is 29.5 Å². The van der Waals surface area contributed by atoms with Crippen LogP contribution in [-0.4, -0.2) is 102 Å². The molecule has 5 rings (SSSR count). The maximum atomic E-state index is 12.9. The number of allylic oxidation sites excluding steroid dienone is 1. The van der Waals surface area contributed by atoms with Gasteiger partial charge in [-0.05, 0) is 31.0 Å². The van der Waals surface area contributed by atoms with Gasteiger partial charge in [0.1, 0.15) is 17.1 Å². The van der Waals surface area contributed by atoms with Gasteiger partial charge in [-0.25, -0.2) is 4.79 Å². The number of fused-ring (bicyclic) bond motifs is 1. The summed E-state index contributed by atoms with van der Waals surface area (Å²) in [5, 5.41) is 27.1. The lowest BCUT2D eigenvalue weighted by Gasteiger charge is -2.49. The highest BCUT2D eigenvalue weighted by atomic mass is 32.2. The van der Waals surface area contributed by atoms with Gasteiger partial charge in [0.2, 0.25) is 17.4 Å². The number of oxime groups is 1. The van der Waals surface area contributed by atoms with Gasteiger partial charge >= 0.3 is 5.97 Å². The minimum absolute atomic E-state index is 0.0642. The second-order valence-electron chi connectivity index (χ2n) is 8.51. The van der Waals surface area contributed by atoms with Gasteiger partial charge in [0.05, 0.1) is 0 Å². The van der Waals surface area contributed by atoms with Crippen molar-refractivity contribution in [3.63, 3.8) is 0 Å². The van der Waals surface area contributed by atoms with Crippen molar-refractivity contribution in [3.05, 3.63) is 28.7 Å². The number of hydrogen-bond acceptors (Lipinski definition) is 12. The molecule has 0 unspecified atom stereocenters. The molecular weight excluding hydrogens is 512 g/mol. The van der Waals surface area contributed by atoms with E-state index in [-0.39, 0.29) is 34.4 Å². The van der Waals surface area contributed by atoms with Crippen molar-refractivity contribution >= 4 is 57.8 Å². The molecule has 0 aromatic carbocycles. The summed E-state index contributed by atoms with van der Waals surface area (Å²) in [6, 6.07) is -0.914. The molecule has 3 amide bonds. The van der Waals surface area contributed by atoms with E-state index in [1.165, 1.54) is 11.8 Å². The Bertz CT molecular complexity index is 1240. The van der Waals surface area contributed by atoms with Gasteiger partial charge in [0, 0.05) is 42.0 Å². The number of β-lactam (4-membered cyclic amide) rings is 1. The van der Waals surface area contributed by atoms with E-state index in [0.29, 0.717) is 24.1 Å². The maximum Gasteiger partial charge on any atom is 0.352 e. The molecule has 0 bridgehead atoms. The van der Waals surface area contributed by atoms with Gasteiger partial charge in [0.15, 0.2) is 5.13 Å². The number of nitrogens with zero attached hydrogens (tertiary/aromatic N) is 5. The number of thioether (sulfide) groups is 1. The molecule has 36 heavy (non-hydrogen) atoms. The second kappa shape index (κ2) is 9.51. The number of amides is 3. The third-order valence-corrected chi connectivity index (χ3v) is 8.28. The average molecular weight is 535 g/mol. The Morgan fingerprint density at radius 2 is 2.14 bits per heavy atom. The zero-order chi connectivity index (χ0) is 25.6. The largest absolute Gasteiger partial charge is 0.477 e. The Hall–Kier alpha value is -3.50. The fourth-order valence-corrected chi connectivity index (χ4v) is 6.46. The third-order valence-electron chi connectivity index (χ3n) is 6.44. The normalized spacial score (nSPS) is 27.5. The molecule has 4 aliphatic heterocycles. The van der Waals surface area contributed by atoms with Crippen molar-refractivity contribution in [3.8, 4) is 0 Å². The Kier molecular flexibility index (Phi) is 6.40. The van der Waals surface area contributed by atoms with Gasteiger partial charge in [0.25, 0.3) is 11.8 Å². The van der Waals surface area contributed by atoms with Gasteiger partial charge in [-0.2, -0.15) is 9.36 Å². The molecule has 6 N–H and O–H groups in total. The first-order chi connectivity index (χ1) is 17.3. The van der Waals surface area contributed by atoms with Crippen LogP contribution in [0, 0.1) is 0 Å². The molecule has 0 aliphatic carbocycles. The number of aliphatic carboxylic acids is 1. The Morgan fingerprint density at radius 1 is 1.33 bits per heavy atom. The SMILES string of the molecule is Nc1nc(/C(=N\O)C(=O)N[C@@H]2C(=O)N3C(C(=O)O)=C(/C=C4\CCN([C@@H]5CCNC5)C4=O)CS[C@H]23)ns1. The molecule has 0 radical (unpaired) electrons. The Morgan fingerprint density at radius 3 is 2.78 bits per heavy atom. The summed E-state index contributed by atoms with van der Waals surface area (Å²) < 4.78 is 3.82. The van der Waals surface area contributed by atoms with E-state index in [1.807, 2.05) is 4.90 Å². The first-order valence-electron chi connectivity index (χ1n) is 11.1. The number of nitrogen functional groups attached to an aromatic ring is 1. The second-order valence-corrected chi connectivity index (χ2v) is 10.4. The molecule has 1 aromatic heterocycles. The van der Waals surface area contributed by atoms with Crippen LogP contribution in [0.3, 0.4) is 0 Å². The quantitative estimate of drug-likeness (QED) is 0.0939. The van der Waals surface area contributed by atoms with E-state index in [4.69, 9.17) is 5.73 Å². The molecule has 0 spiro atoms. The van der Waals surface area contributed by atoms with E-state index in [2.05, 4.69) is 25.1 Å². The van der Waals surface area contributed by atoms with Crippen molar-refractivity contribution in [2.24, 2.45) is 5.16 Å². The zero-order valence-electron chi connectivity index (χ0n) is 18.7. The zero-order valence-corrected chi connectivity index (χ0v) is 20.3. The van der Waals surface area contributed by atoms with Crippen molar-refractivity contribution in [1.82, 2.24) is 29.8 Å². The van der Waals surface area contributed by atoms with E-state index < -0.39 is 34.9 Å². The van der Waals surface area contributed by atoms with Gasteiger partial charge in [-0.3, -0.25) is 19.3 Å². The number of carbonyl (C=O) groups excluding carboxylic acids is 3. The lowest BCUT2D eigenvalue weighted by molar-refractivity contribution is -0.150. The predicted octanol–water partition coefficient (Wildman–Crippen LogP) is -1.44. The highest BCUT2D eigenvalue weighted by molar-refractivity contribution is 8.00. The number of aromatic nitrogens is 2. The summed E-state index contributed by atoms with van der Waals surface area (Å²) in [4.78, 5) is 57.3. The summed E-state index contributed by atoms with van der Waals surface area (Å²) in [7, 11) is 0. The molecule has 3 atom stereocenters. The number of hydrogen-bond donors (Lipinski definition) is 5. The maximum absolute atomic E-state index is 12.9. The van der Waals surface area contributed by atoms with Crippen molar-refractivity contribution in [2.75, 3.05) is 31.1 Å². The summed E-state index contributed by atoms with van der Waals surface area (Å²) in [5.74, 6) is -2.90. The Labute approximate surface area is 212 Å². The van der Waals surface area contributed by atoms with Crippen LogP contribution in [0.1, 0.15) is 18.7 Å². The fraction of sp³-hybridized carbons (Fsp3) is 0.450. The first-order valence-corrected chi connectivity index (χ1v) is 12.9. The molecule has 16 heteroatoms. The van der Waals surface area contributed by atoms with Crippen LogP contribution >= 0.6 is 23.3 Å². The number of carbonyl (C=O) groups is 4. The van der Waals surface area contributed by atoms with Crippen molar-refractivity contribution in [1.29, 1.82) is 0 Å². The van der Waals surface area contributed by atoms with Gasteiger partial charge < -0.3 is 31.6 Å². The average Bonchev–Trinajstić information content (AvgIpc) is 3.60. The minimum Gasteiger partial charge on any atom is -0.477 e. The number of nitrogens with two attached hydrogens (primary N) is 1. The third kappa shape index (κ3) is 4.10. The fourth-order valence-electron chi connectivity index (χ4n) is 4.72. The highest BCUT2D eigenvalue weighted by Crippen LogP contribution is 2.41. The van der Waals surface area contributed by atoms with Gasteiger partial charge in [-0.1, -0.05) is 5.16 Å². The molecule has 3 fully saturated rings. The number of carboxylic acid groups (broad SMARTS) is 1. The molecule has 5 heterocycles. The lowest BCUT2D eigenvalue weighted by Crippen LogP contribution is -2.71. The predicted molar refractivity (Wildman–Crippen MR) is 128 cm³/mol. The van der Waals surface area contributed by atoms with Crippen molar-refractivity contribution in [2.45, 2.75) is 30.3 Å². The minimum atomic E-state index is -1.30. The van der Waals surface area contributed by atoms with Crippen LogP contribution < -0.4 is 16.4 Å². The molecule has 4 aliphatic rings. The molecule has 1 aromatic rings. The van der Waals surface area contributed by atoms with Crippen LogP contribution in [-0.2, 0) is 19.2 Å². The number of rotatable bonds is 6. The van der Waals surface area contributed by atoms with Crippen LogP contribution in [0.2, 0.25) is 0 Å². The number of likely N-dealkylation sites (tertiary alicyclic amines) is 1. The van der Waals surface area contributed by atoms with Crippen LogP contribution in [0.4, 0.5) is 5.13 Å². The molecular formula is C20H22N8O6S2. The highest BCUT2D eigenvalue weighted by Gasteiger charge is 2.54. The van der Waals surface area contributed by atoms with E-state index in [0.717, 1.165) is 35.9 Å². The standard InChI is InChI=1S/C20H22N8O6S2/c21-20-24-14(26-36-20)11(25-34)15(29)23-12-17(31)28-13(19(32)33)9(7-35-18(12)28)5-8-2-4-27(16(8)30)10-1-3-22-6-10/h5,10,12,18,22,34H,1-4,6-7H2,(H,23,29)(H,32,33)(H2,21,24,26)/b8-5+,25-11+/t10-,12-,18-/m1/s1. The van der Waals surface area contributed by atoms with Crippen LogP contribution in [0.15, 0.2) is 28.1 Å². The molecule has 0 saturated carbocycles. The van der Waals surface area contributed by atoms with Crippen LogP contribution in [0.25, 0.3) is 0 Å². The topological polar surface area (TPSA) is 203 Å². The molecule has 14 nitrogen and oxygen atoms in total. The summed E-state index contributed by atoms with van der Waals surface area (Å²) in [5.41, 5.74) is 5.67. The van der Waals surface area contributed by atoms with Gasteiger partial charge in [-0.15, -0.1) is 11.8 Å². The summed E-state index contributed by atoms with van der Waals surface area (Å²) >= 11 is 2.07. The smallest absolute Gasteiger partial charge is 0.352 e. The lowest BCUT2D eigenvalue weighted by atomic mass is 10.0. The molecule has 3 saturated heterocycles. The van der Waals surface area contributed by atoms with E-state index in [1.54, 1.807) is 6.08 Å². The Balaban J connectivity index is 1.33. The monoisotopic (exact) mass is 534 g/mol. The first kappa shape index (κ1) is 24.2. The number of anilines is 1. The van der Waals surface area contributed by atoms with Crippen LogP contribution in [0.5, 0.6) is 0 Å². The van der Waals surface area contributed by atoms with E-state index >= 15 is 0 Å². The number of nitrogens with one attached hydrogen (secondary N) is 2. The summed E-state index contributed by atoms with van der Waals surface area (Å²) in [6.07, 6.45) is 2.97. The number of carboxylic acids is 1. The van der Waals surface area contributed by atoms with E-state index in [9.17, 15) is 29.5 Å². The molecule has 190 valence electrons. The summed E-state index contributed by atoms with van der Waals surface area (Å²) in [6.45, 7) is 2.17.